The van der Waals surface area contributed by atoms with Gasteiger partial charge >= 0.3 is 0 Å². The Morgan fingerprint density at radius 1 is 1.04 bits per heavy atom. The fourth-order valence-corrected chi connectivity index (χ4v) is 3.76. The molecule has 2 aliphatic heterocycles. The lowest BCUT2D eigenvalue weighted by Crippen LogP contribution is -2.47. The van der Waals surface area contributed by atoms with E-state index >= 15 is 0 Å². The molecule has 2 fully saturated rings. The molecule has 0 spiro atoms. The van der Waals surface area contributed by atoms with Gasteiger partial charge in [0.2, 0.25) is 11.8 Å². The first-order valence-electron chi connectivity index (χ1n) is 9.51. The number of hydrogen-bond acceptors (Lipinski definition) is 3. The number of carbonyl (C=O) groups is 3. The third-order valence-electron chi connectivity index (χ3n) is 5.40. The van der Waals surface area contributed by atoms with E-state index in [1.54, 1.807) is 4.90 Å². The molecule has 5 nitrogen and oxygen atoms in total. The van der Waals surface area contributed by atoms with Crippen LogP contribution in [0.3, 0.4) is 0 Å². The van der Waals surface area contributed by atoms with Crippen LogP contribution in [-0.2, 0) is 15.0 Å². The van der Waals surface area contributed by atoms with Gasteiger partial charge in [-0.3, -0.25) is 19.3 Å². The van der Waals surface area contributed by atoms with Crippen LogP contribution < -0.4 is 0 Å². The maximum absolute atomic E-state index is 12.8. The average Bonchev–Trinajstić information content (AvgIpc) is 3.06. The second-order valence-electron chi connectivity index (χ2n) is 8.40. The van der Waals surface area contributed by atoms with Gasteiger partial charge in [-0.15, -0.1) is 0 Å². The predicted molar refractivity (Wildman–Crippen MR) is 99.7 cm³/mol. The van der Waals surface area contributed by atoms with Gasteiger partial charge in [0.1, 0.15) is 0 Å². The Hall–Kier alpha value is -2.17. The number of carbonyl (C=O) groups excluding carboxylic acids is 3. The molecule has 0 saturated carbocycles. The highest BCUT2D eigenvalue weighted by Crippen LogP contribution is 2.25. The third-order valence-corrected chi connectivity index (χ3v) is 5.40. The SMILES string of the molecule is CC(C)(C)c1ccc(C(=O)N2CCCC(C(=O)N3CCCC3=O)C2)cc1. The lowest BCUT2D eigenvalue weighted by molar-refractivity contribution is -0.145. The lowest BCUT2D eigenvalue weighted by Gasteiger charge is -2.33. The summed E-state index contributed by atoms with van der Waals surface area (Å²) in [5, 5.41) is 0. The van der Waals surface area contributed by atoms with Gasteiger partial charge in [0.15, 0.2) is 0 Å². The van der Waals surface area contributed by atoms with E-state index in [0.29, 0.717) is 31.6 Å². The van der Waals surface area contributed by atoms with Crippen molar-refractivity contribution < 1.29 is 14.4 Å². The first-order valence-corrected chi connectivity index (χ1v) is 9.51. The second-order valence-corrected chi connectivity index (χ2v) is 8.40. The molecule has 0 radical (unpaired) electrons. The van der Waals surface area contributed by atoms with E-state index in [1.807, 2.05) is 24.3 Å². The highest BCUT2D eigenvalue weighted by Gasteiger charge is 2.35. The molecule has 0 aromatic heterocycles. The average molecular weight is 356 g/mol. The molecule has 2 heterocycles. The zero-order valence-corrected chi connectivity index (χ0v) is 16.0. The highest BCUT2D eigenvalue weighted by atomic mass is 16.2. The molecule has 0 aliphatic carbocycles. The molecule has 5 heteroatoms. The topological polar surface area (TPSA) is 57.7 Å². The van der Waals surface area contributed by atoms with Crippen LogP contribution in [0, 0.1) is 5.92 Å². The molecule has 1 aromatic carbocycles. The normalized spacial score (nSPS) is 21.2. The smallest absolute Gasteiger partial charge is 0.253 e. The maximum atomic E-state index is 12.8. The van der Waals surface area contributed by atoms with Crippen molar-refractivity contribution in [1.82, 2.24) is 9.80 Å². The van der Waals surface area contributed by atoms with Gasteiger partial charge in [-0.25, -0.2) is 0 Å². The molecule has 0 N–H and O–H groups in total. The molecule has 2 saturated heterocycles. The molecule has 1 aromatic rings. The summed E-state index contributed by atoms with van der Waals surface area (Å²) in [6.07, 6.45) is 2.75. The molecule has 140 valence electrons. The lowest BCUT2D eigenvalue weighted by atomic mass is 9.86. The monoisotopic (exact) mass is 356 g/mol. The molecular weight excluding hydrogens is 328 g/mol. The molecule has 3 rings (SSSR count). The first kappa shape index (κ1) is 18.6. The number of nitrogens with zero attached hydrogens (tertiary/aromatic N) is 2. The van der Waals surface area contributed by atoms with Gasteiger partial charge < -0.3 is 4.90 Å². The van der Waals surface area contributed by atoms with Crippen molar-refractivity contribution in [3.8, 4) is 0 Å². The van der Waals surface area contributed by atoms with Gasteiger partial charge in [0.05, 0.1) is 5.92 Å². The first-order chi connectivity index (χ1) is 12.3. The summed E-state index contributed by atoms with van der Waals surface area (Å²) in [6, 6.07) is 7.75. The van der Waals surface area contributed by atoms with Crippen molar-refractivity contribution in [2.24, 2.45) is 5.92 Å². The standard InChI is InChI=1S/C21H28N2O3/c1-21(2,3)17-10-8-15(9-11-17)19(25)22-12-4-6-16(14-22)20(26)23-13-5-7-18(23)24/h8-11,16H,4-7,12-14H2,1-3H3. The molecule has 3 amide bonds. The van der Waals surface area contributed by atoms with Crippen LogP contribution in [0.2, 0.25) is 0 Å². The molecule has 0 bridgehead atoms. The van der Waals surface area contributed by atoms with E-state index in [9.17, 15) is 14.4 Å². The Balaban J connectivity index is 1.68. The van der Waals surface area contributed by atoms with E-state index in [-0.39, 0.29) is 29.1 Å². The summed E-state index contributed by atoms with van der Waals surface area (Å²) in [5.41, 5.74) is 1.89. The van der Waals surface area contributed by atoms with E-state index < -0.39 is 0 Å². The second kappa shape index (κ2) is 7.22. The van der Waals surface area contributed by atoms with Crippen LogP contribution in [0.15, 0.2) is 24.3 Å². The Morgan fingerprint density at radius 3 is 2.31 bits per heavy atom. The molecule has 2 aliphatic rings. The molecule has 1 unspecified atom stereocenters. The largest absolute Gasteiger partial charge is 0.338 e. The third kappa shape index (κ3) is 3.81. The van der Waals surface area contributed by atoms with Crippen LogP contribution in [0.25, 0.3) is 0 Å². The van der Waals surface area contributed by atoms with Crippen molar-refractivity contribution in [2.45, 2.75) is 51.9 Å². The summed E-state index contributed by atoms with van der Waals surface area (Å²) >= 11 is 0. The Kier molecular flexibility index (Phi) is 5.17. The van der Waals surface area contributed by atoms with Gasteiger partial charge in [-0.2, -0.15) is 0 Å². The summed E-state index contributed by atoms with van der Waals surface area (Å²) in [4.78, 5) is 40.5. The summed E-state index contributed by atoms with van der Waals surface area (Å²) in [5.74, 6) is -0.469. The number of imide groups is 1. The van der Waals surface area contributed by atoms with Gasteiger partial charge in [0, 0.05) is 31.6 Å². The number of rotatable bonds is 2. The minimum Gasteiger partial charge on any atom is -0.338 e. The zero-order chi connectivity index (χ0) is 18.9. The number of likely N-dealkylation sites (tertiary alicyclic amines) is 2. The van der Waals surface area contributed by atoms with Crippen molar-refractivity contribution in [2.75, 3.05) is 19.6 Å². The number of piperidine rings is 1. The van der Waals surface area contributed by atoms with Crippen molar-refractivity contribution in [1.29, 1.82) is 0 Å². The van der Waals surface area contributed by atoms with Gasteiger partial charge in [-0.1, -0.05) is 32.9 Å². The molecule has 26 heavy (non-hydrogen) atoms. The fraction of sp³-hybridized carbons (Fsp3) is 0.571. The molecule has 1 atom stereocenters. The summed E-state index contributed by atoms with van der Waals surface area (Å²) < 4.78 is 0. The predicted octanol–water partition coefficient (Wildman–Crippen LogP) is 2.99. The highest BCUT2D eigenvalue weighted by molar-refractivity contribution is 5.98. The van der Waals surface area contributed by atoms with Crippen molar-refractivity contribution in [3.05, 3.63) is 35.4 Å². The Bertz CT molecular complexity index is 703. The number of hydrogen-bond donors (Lipinski definition) is 0. The van der Waals surface area contributed by atoms with Crippen LogP contribution in [0.5, 0.6) is 0 Å². The van der Waals surface area contributed by atoms with Crippen molar-refractivity contribution >= 4 is 17.7 Å². The Morgan fingerprint density at radius 2 is 1.73 bits per heavy atom. The van der Waals surface area contributed by atoms with Gasteiger partial charge in [-0.05, 0) is 42.4 Å². The zero-order valence-electron chi connectivity index (χ0n) is 16.0. The minimum atomic E-state index is -0.261. The fourth-order valence-electron chi connectivity index (χ4n) is 3.76. The van der Waals surface area contributed by atoms with Gasteiger partial charge in [0.25, 0.3) is 5.91 Å². The minimum absolute atomic E-state index is 0.0318. The summed E-state index contributed by atoms with van der Waals surface area (Å²) in [7, 11) is 0. The maximum Gasteiger partial charge on any atom is 0.253 e. The Labute approximate surface area is 155 Å². The number of benzene rings is 1. The van der Waals surface area contributed by atoms with Crippen LogP contribution in [0.4, 0.5) is 0 Å². The van der Waals surface area contributed by atoms with Crippen LogP contribution in [-0.4, -0.2) is 47.2 Å². The van der Waals surface area contributed by atoms with Crippen LogP contribution >= 0.6 is 0 Å². The molecular formula is C21H28N2O3. The van der Waals surface area contributed by atoms with E-state index in [2.05, 4.69) is 20.8 Å². The van der Waals surface area contributed by atoms with E-state index in [0.717, 1.165) is 19.3 Å². The number of amides is 3. The summed E-state index contributed by atoms with van der Waals surface area (Å²) in [6.45, 7) is 8.02. The van der Waals surface area contributed by atoms with E-state index in [1.165, 1.54) is 10.5 Å². The quantitative estimate of drug-likeness (QED) is 0.766. The van der Waals surface area contributed by atoms with E-state index in [4.69, 9.17) is 0 Å². The van der Waals surface area contributed by atoms with Crippen molar-refractivity contribution in [3.63, 3.8) is 0 Å². The van der Waals surface area contributed by atoms with Crippen LogP contribution in [0.1, 0.15) is 62.4 Å².